The van der Waals surface area contributed by atoms with Gasteiger partial charge >= 0.3 is 0 Å². The first-order valence-electron chi connectivity index (χ1n) is 11.2. The summed E-state index contributed by atoms with van der Waals surface area (Å²) < 4.78 is 20.0. The van der Waals surface area contributed by atoms with E-state index in [9.17, 15) is 9.18 Å². The van der Waals surface area contributed by atoms with E-state index in [0.29, 0.717) is 45.9 Å². The molecular formula is C25H25ClFN5O2. The highest BCUT2D eigenvalue weighted by atomic mass is 35.5. The number of aromatic nitrogens is 2. The fourth-order valence-electron chi connectivity index (χ4n) is 4.91. The molecule has 0 spiro atoms. The Balaban J connectivity index is 1.49. The summed E-state index contributed by atoms with van der Waals surface area (Å²) in [7, 11) is 2.18. The summed E-state index contributed by atoms with van der Waals surface area (Å²) in [4.78, 5) is 23.4. The van der Waals surface area contributed by atoms with Gasteiger partial charge in [-0.05, 0) is 63.1 Å². The van der Waals surface area contributed by atoms with Crippen LogP contribution in [0.2, 0.25) is 5.02 Å². The fourth-order valence-corrected chi connectivity index (χ4v) is 5.09. The van der Waals surface area contributed by atoms with E-state index in [2.05, 4.69) is 39.1 Å². The van der Waals surface area contributed by atoms with E-state index in [4.69, 9.17) is 16.3 Å². The number of anilines is 3. The first-order valence-corrected chi connectivity index (χ1v) is 11.6. The molecule has 2 aliphatic heterocycles. The number of carbonyl (C=O) groups excluding carboxylic acids is 1. The Morgan fingerprint density at radius 2 is 2.00 bits per heavy atom. The maximum absolute atomic E-state index is 13.6. The predicted molar refractivity (Wildman–Crippen MR) is 131 cm³/mol. The second kappa shape index (κ2) is 9.19. The van der Waals surface area contributed by atoms with Crippen LogP contribution in [-0.2, 0) is 4.79 Å². The lowest BCUT2D eigenvalue weighted by Crippen LogP contribution is -2.43. The maximum Gasteiger partial charge on any atom is 0.247 e. The van der Waals surface area contributed by atoms with Crippen LogP contribution in [0.15, 0.2) is 49.3 Å². The van der Waals surface area contributed by atoms with Gasteiger partial charge in [0.05, 0.1) is 16.2 Å². The quantitative estimate of drug-likeness (QED) is 0.465. The van der Waals surface area contributed by atoms with Gasteiger partial charge in [-0.1, -0.05) is 18.2 Å². The van der Waals surface area contributed by atoms with Crippen LogP contribution in [0.4, 0.5) is 21.6 Å². The van der Waals surface area contributed by atoms with Crippen molar-refractivity contribution in [1.82, 2.24) is 14.9 Å². The Morgan fingerprint density at radius 1 is 1.24 bits per heavy atom. The van der Waals surface area contributed by atoms with E-state index in [1.807, 2.05) is 6.07 Å². The zero-order valence-corrected chi connectivity index (χ0v) is 19.5. The third-order valence-electron chi connectivity index (χ3n) is 6.71. The second-order valence-corrected chi connectivity index (χ2v) is 9.20. The zero-order valence-electron chi connectivity index (χ0n) is 18.7. The molecular weight excluding hydrogens is 457 g/mol. The molecule has 2 atom stereocenters. The Kier molecular flexibility index (Phi) is 6.10. The van der Waals surface area contributed by atoms with E-state index in [1.165, 1.54) is 37.4 Å². The maximum atomic E-state index is 13.6. The van der Waals surface area contributed by atoms with Crippen molar-refractivity contribution >= 4 is 45.6 Å². The highest BCUT2D eigenvalue weighted by Gasteiger charge is 2.39. The molecule has 2 unspecified atom stereocenters. The summed E-state index contributed by atoms with van der Waals surface area (Å²) in [5.74, 6) is 0.208. The van der Waals surface area contributed by atoms with Crippen LogP contribution in [0.5, 0.6) is 5.75 Å². The van der Waals surface area contributed by atoms with Gasteiger partial charge in [-0.25, -0.2) is 14.4 Å². The molecule has 0 radical (unpaired) electrons. The largest absolute Gasteiger partial charge is 0.488 e. The molecule has 34 heavy (non-hydrogen) atoms. The number of hydrogen-bond donors (Lipinski definition) is 2. The van der Waals surface area contributed by atoms with Crippen molar-refractivity contribution in [2.75, 3.05) is 17.7 Å². The standard InChI is InChI=1S/C25H25ClFN5O2/c1-3-24(33)31-22-11-18-21(12-23(22)34-17-9-15-5-6-16(10-17)32(15)2)28-13-29-25(18)30-14-4-7-20(27)19(26)8-14/h3-4,7-8,11-13,15-17H,1,5-6,9-10H2,2H3,(H,31,33)(H,28,29,30). The normalized spacial score (nSPS) is 21.9. The Labute approximate surface area is 202 Å². The number of benzene rings is 2. The van der Waals surface area contributed by atoms with Crippen molar-refractivity contribution in [2.45, 2.75) is 43.9 Å². The molecule has 3 aromatic rings. The zero-order chi connectivity index (χ0) is 23.8. The highest BCUT2D eigenvalue weighted by Crippen LogP contribution is 2.39. The smallest absolute Gasteiger partial charge is 0.247 e. The number of carbonyl (C=O) groups is 1. The van der Waals surface area contributed by atoms with Gasteiger partial charge in [0.25, 0.3) is 0 Å². The molecule has 1 aromatic heterocycles. The number of hydrogen-bond acceptors (Lipinski definition) is 6. The number of rotatable bonds is 6. The van der Waals surface area contributed by atoms with Crippen LogP contribution in [0.1, 0.15) is 25.7 Å². The number of fused-ring (bicyclic) bond motifs is 3. The predicted octanol–water partition coefficient (Wildman–Crippen LogP) is 5.29. The lowest BCUT2D eigenvalue weighted by atomic mass is 10.0. The molecule has 2 aliphatic rings. The summed E-state index contributed by atoms with van der Waals surface area (Å²) >= 11 is 5.92. The van der Waals surface area contributed by atoms with E-state index in [1.54, 1.807) is 12.1 Å². The molecule has 0 saturated carbocycles. The van der Waals surface area contributed by atoms with E-state index < -0.39 is 5.82 Å². The van der Waals surface area contributed by atoms with Gasteiger partial charge in [0.15, 0.2) is 0 Å². The molecule has 2 saturated heterocycles. The average Bonchev–Trinajstić information content (AvgIpc) is 3.02. The highest BCUT2D eigenvalue weighted by molar-refractivity contribution is 6.31. The van der Waals surface area contributed by atoms with Crippen LogP contribution in [0.3, 0.4) is 0 Å². The van der Waals surface area contributed by atoms with Crippen molar-refractivity contribution < 1.29 is 13.9 Å². The molecule has 2 bridgehead atoms. The van der Waals surface area contributed by atoms with Gasteiger partial charge in [0.1, 0.15) is 29.8 Å². The van der Waals surface area contributed by atoms with Crippen molar-refractivity contribution in [3.8, 4) is 5.75 Å². The van der Waals surface area contributed by atoms with Crippen LogP contribution in [0.25, 0.3) is 10.9 Å². The van der Waals surface area contributed by atoms with Crippen molar-refractivity contribution in [2.24, 2.45) is 0 Å². The van der Waals surface area contributed by atoms with Crippen molar-refractivity contribution in [3.05, 3.63) is 60.2 Å². The molecule has 0 aliphatic carbocycles. The molecule has 2 fully saturated rings. The molecule has 9 heteroatoms. The van der Waals surface area contributed by atoms with Gasteiger partial charge in [0, 0.05) is 29.2 Å². The van der Waals surface area contributed by atoms with E-state index in [-0.39, 0.29) is 17.0 Å². The summed E-state index contributed by atoms with van der Waals surface area (Å²) in [5.41, 5.74) is 1.73. The number of halogens is 2. The van der Waals surface area contributed by atoms with E-state index >= 15 is 0 Å². The monoisotopic (exact) mass is 481 g/mol. The Hall–Kier alpha value is -3.23. The number of nitrogens with zero attached hydrogens (tertiary/aromatic N) is 3. The number of piperidine rings is 1. The van der Waals surface area contributed by atoms with Gasteiger partial charge in [0.2, 0.25) is 5.91 Å². The third kappa shape index (κ3) is 4.43. The minimum absolute atomic E-state index is 0.00470. The van der Waals surface area contributed by atoms with Gasteiger partial charge < -0.3 is 20.3 Å². The molecule has 3 heterocycles. The number of nitrogens with one attached hydrogen (secondary N) is 2. The van der Waals surface area contributed by atoms with Crippen molar-refractivity contribution in [1.29, 1.82) is 0 Å². The lowest BCUT2D eigenvalue weighted by Gasteiger charge is -2.36. The van der Waals surface area contributed by atoms with Crippen molar-refractivity contribution in [3.63, 3.8) is 0 Å². The topological polar surface area (TPSA) is 79.4 Å². The fraction of sp³-hybridized carbons (Fsp3) is 0.320. The molecule has 7 nitrogen and oxygen atoms in total. The Bertz CT molecular complexity index is 1260. The van der Waals surface area contributed by atoms with Crippen LogP contribution >= 0.6 is 11.6 Å². The van der Waals surface area contributed by atoms with Gasteiger partial charge in [-0.15, -0.1) is 0 Å². The van der Waals surface area contributed by atoms with Crippen LogP contribution < -0.4 is 15.4 Å². The molecule has 2 N–H and O–H groups in total. The molecule has 176 valence electrons. The summed E-state index contributed by atoms with van der Waals surface area (Å²) in [6.07, 6.45) is 6.99. The summed E-state index contributed by atoms with van der Waals surface area (Å²) in [6, 6.07) is 8.98. The number of amides is 1. The third-order valence-corrected chi connectivity index (χ3v) is 7.00. The molecule has 1 amide bonds. The van der Waals surface area contributed by atoms with Crippen LogP contribution in [0, 0.1) is 5.82 Å². The second-order valence-electron chi connectivity index (χ2n) is 8.80. The minimum Gasteiger partial charge on any atom is -0.488 e. The molecule has 5 rings (SSSR count). The first kappa shape index (κ1) is 22.6. The molecule has 2 aromatic carbocycles. The summed E-state index contributed by atoms with van der Waals surface area (Å²) in [5, 5.41) is 6.67. The first-order chi connectivity index (χ1) is 16.4. The summed E-state index contributed by atoms with van der Waals surface area (Å²) in [6.45, 7) is 3.55. The number of ether oxygens (including phenoxy) is 1. The Morgan fingerprint density at radius 3 is 2.71 bits per heavy atom. The van der Waals surface area contributed by atoms with Crippen LogP contribution in [-0.4, -0.2) is 46.0 Å². The van der Waals surface area contributed by atoms with Gasteiger partial charge in [-0.2, -0.15) is 0 Å². The lowest BCUT2D eigenvalue weighted by molar-refractivity contribution is -0.111. The van der Waals surface area contributed by atoms with Gasteiger partial charge in [-0.3, -0.25) is 4.79 Å². The van der Waals surface area contributed by atoms with E-state index in [0.717, 1.165) is 12.8 Å². The average molecular weight is 482 g/mol. The SMILES string of the molecule is C=CC(=O)Nc1cc2c(Nc3ccc(F)c(Cl)c3)ncnc2cc1OC1CC2CCC(C1)N2C. The minimum atomic E-state index is -0.502.